The fourth-order valence-corrected chi connectivity index (χ4v) is 3.73. The molecule has 2 aromatic carbocycles. The molecular formula is C22H25N5O2. The Morgan fingerprint density at radius 3 is 2.72 bits per heavy atom. The molecule has 3 aromatic rings. The third-order valence-corrected chi connectivity index (χ3v) is 5.05. The Morgan fingerprint density at radius 2 is 1.93 bits per heavy atom. The fraction of sp³-hybridized carbons (Fsp3) is 0.273. The maximum absolute atomic E-state index is 12.4. The van der Waals surface area contributed by atoms with Gasteiger partial charge in [-0.2, -0.15) is 5.10 Å². The van der Waals surface area contributed by atoms with Crippen molar-refractivity contribution in [2.24, 2.45) is 0 Å². The third-order valence-electron chi connectivity index (χ3n) is 5.05. The van der Waals surface area contributed by atoms with Crippen LogP contribution < -0.4 is 10.6 Å². The van der Waals surface area contributed by atoms with Crippen LogP contribution in [0.15, 0.2) is 67.0 Å². The van der Waals surface area contributed by atoms with E-state index < -0.39 is 6.10 Å². The number of nitrogens with one attached hydrogen (secondary N) is 2. The van der Waals surface area contributed by atoms with Crippen LogP contribution in [0.5, 0.6) is 0 Å². The summed E-state index contributed by atoms with van der Waals surface area (Å²) in [6.07, 6.45) is 3.92. The second-order valence-corrected chi connectivity index (χ2v) is 7.26. The third kappa shape index (κ3) is 5.01. The molecule has 150 valence electrons. The summed E-state index contributed by atoms with van der Waals surface area (Å²) in [5.74, 6) is 0. The monoisotopic (exact) mass is 391 g/mol. The van der Waals surface area contributed by atoms with Crippen LogP contribution in [0.25, 0.3) is 0 Å². The lowest BCUT2D eigenvalue weighted by molar-refractivity contribution is 0.0890. The van der Waals surface area contributed by atoms with Gasteiger partial charge in [-0.3, -0.25) is 9.58 Å². The number of aromatic nitrogens is 2. The van der Waals surface area contributed by atoms with E-state index in [1.807, 2.05) is 54.7 Å². The molecule has 0 saturated carbocycles. The molecule has 2 amide bonds. The van der Waals surface area contributed by atoms with Crippen LogP contribution in [0.4, 0.5) is 16.2 Å². The van der Waals surface area contributed by atoms with E-state index in [4.69, 9.17) is 0 Å². The zero-order chi connectivity index (χ0) is 20.1. The molecule has 0 fully saturated rings. The predicted octanol–water partition coefficient (Wildman–Crippen LogP) is 2.95. The number of rotatable bonds is 6. The van der Waals surface area contributed by atoms with Gasteiger partial charge in [0.2, 0.25) is 0 Å². The Balaban J connectivity index is 1.36. The maximum Gasteiger partial charge on any atom is 0.323 e. The summed E-state index contributed by atoms with van der Waals surface area (Å²) < 4.78 is 1.75. The minimum atomic E-state index is -0.477. The van der Waals surface area contributed by atoms with E-state index >= 15 is 0 Å². The average Bonchev–Trinajstić information content (AvgIpc) is 3.21. The first-order chi connectivity index (χ1) is 14.2. The molecule has 7 heteroatoms. The molecule has 1 atom stereocenters. The summed E-state index contributed by atoms with van der Waals surface area (Å²) in [7, 11) is 0. The lowest BCUT2D eigenvalue weighted by Crippen LogP contribution is -2.38. The van der Waals surface area contributed by atoms with Crippen LogP contribution >= 0.6 is 0 Å². The van der Waals surface area contributed by atoms with Gasteiger partial charge in [-0.05, 0) is 41.8 Å². The molecule has 7 nitrogen and oxygen atoms in total. The molecule has 1 aromatic heterocycles. The first kappa shape index (κ1) is 19.2. The normalized spacial score (nSPS) is 14.8. The van der Waals surface area contributed by atoms with E-state index in [0.717, 1.165) is 36.4 Å². The molecule has 0 spiro atoms. The Hall–Kier alpha value is -3.16. The Kier molecular flexibility index (Phi) is 5.88. The molecule has 2 heterocycles. The van der Waals surface area contributed by atoms with Crippen LogP contribution in [0.1, 0.15) is 11.1 Å². The van der Waals surface area contributed by atoms with Gasteiger partial charge in [-0.1, -0.05) is 30.3 Å². The molecular weight excluding hydrogens is 366 g/mol. The maximum atomic E-state index is 12.4. The number of carbonyl (C=O) groups excluding carboxylic acids is 1. The van der Waals surface area contributed by atoms with E-state index in [-0.39, 0.29) is 6.03 Å². The van der Waals surface area contributed by atoms with Crippen molar-refractivity contribution in [2.75, 3.05) is 23.7 Å². The van der Waals surface area contributed by atoms with Crippen LogP contribution in [0.2, 0.25) is 0 Å². The van der Waals surface area contributed by atoms with Crippen LogP contribution in [-0.2, 0) is 19.5 Å². The molecule has 3 N–H and O–H groups in total. The van der Waals surface area contributed by atoms with Crippen molar-refractivity contribution < 1.29 is 9.90 Å². The highest BCUT2D eigenvalue weighted by Crippen LogP contribution is 2.26. The van der Waals surface area contributed by atoms with Crippen molar-refractivity contribution >= 4 is 17.4 Å². The van der Waals surface area contributed by atoms with Crippen LogP contribution in [0.3, 0.4) is 0 Å². The summed E-state index contributed by atoms with van der Waals surface area (Å²) >= 11 is 0. The lowest BCUT2D eigenvalue weighted by Gasteiger charge is -2.31. The summed E-state index contributed by atoms with van der Waals surface area (Å²) in [4.78, 5) is 14.6. The molecule has 0 saturated heterocycles. The van der Waals surface area contributed by atoms with Gasteiger partial charge in [0.05, 0.1) is 12.6 Å². The number of urea groups is 1. The van der Waals surface area contributed by atoms with Gasteiger partial charge in [0, 0.05) is 43.4 Å². The van der Waals surface area contributed by atoms with Crippen molar-refractivity contribution in [3.8, 4) is 0 Å². The molecule has 1 aliphatic heterocycles. The van der Waals surface area contributed by atoms with Gasteiger partial charge < -0.3 is 15.7 Å². The molecule has 0 unspecified atom stereocenters. The number of amides is 2. The van der Waals surface area contributed by atoms with Gasteiger partial charge in [0.15, 0.2) is 0 Å². The van der Waals surface area contributed by atoms with Gasteiger partial charge in [0.25, 0.3) is 0 Å². The number of β-amino-alcohol motifs (C(OH)–C–C–N with tert-alkyl or cyclic N) is 1. The topological polar surface area (TPSA) is 82.4 Å². The van der Waals surface area contributed by atoms with E-state index in [2.05, 4.69) is 26.7 Å². The number of aliphatic hydroxyl groups excluding tert-OH is 1. The summed E-state index contributed by atoms with van der Waals surface area (Å²) in [6.45, 7) is 2.66. The quantitative estimate of drug-likeness (QED) is 0.603. The fourth-order valence-electron chi connectivity index (χ4n) is 3.73. The number of hydrogen-bond acceptors (Lipinski definition) is 4. The van der Waals surface area contributed by atoms with Crippen LogP contribution in [0, 0.1) is 0 Å². The number of nitrogens with zero attached hydrogens (tertiary/aromatic N) is 3. The van der Waals surface area contributed by atoms with Crippen molar-refractivity contribution in [1.82, 2.24) is 14.7 Å². The van der Waals surface area contributed by atoms with E-state index in [1.165, 1.54) is 5.56 Å². The van der Waals surface area contributed by atoms with Crippen molar-refractivity contribution in [1.29, 1.82) is 0 Å². The van der Waals surface area contributed by atoms with Crippen LogP contribution in [-0.4, -0.2) is 45.0 Å². The second kappa shape index (κ2) is 8.89. The molecule has 0 bridgehead atoms. The number of benzene rings is 2. The van der Waals surface area contributed by atoms with E-state index in [0.29, 0.717) is 13.1 Å². The Bertz CT molecular complexity index is 943. The minimum Gasteiger partial charge on any atom is -0.390 e. The molecule has 1 aliphatic rings. The lowest BCUT2D eigenvalue weighted by atomic mass is 9.97. The number of para-hydroxylation sites is 1. The summed E-state index contributed by atoms with van der Waals surface area (Å²) in [6, 6.07) is 17.0. The molecule has 0 aliphatic carbocycles. The van der Waals surface area contributed by atoms with Gasteiger partial charge in [0.1, 0.15) is 0 Å². The molecule has 29 heavy (non-hydrogen) atoms. The summed E-state index contributed by atoms with van der Waals surface area (Å²) in [5, 5.41) is 20.3. The van der Waals surface area contributed by atoms with Crippen molar-refractivity contribution in [3.05, 3.63) is 78.1 Å². The number of fused-ring (bicyclic) bond motifs is 1. The average molecular weight is 391 g/mol. The van der Waals surface area contributed by atoms with Crippen molar-refractivity contribution in [2.45, 2.75) is 25.6 Å². The second-order valence-electron chi connectivity index (χ2n) is 7.26. The highest BCUT2D eigenvalue weighted by Gasteiger charge is 2.21. The van der Waals surface area contributed by atoms with E-state index in [1.54, 1.807) is 10.9 Å². The number of aliphatic hydroxyl groups is 1. The number of hydrogen-bond donors (Lipinski definition) is 3. The zero-order valence-electron chi connectivity index (χ0n) is 16.2. The Morgan fingerprint density at radius 1 is 1.07 bits per heavy atom. The number of anilines is 2. The highest BCUT2D eigenvalue weighted by atomic mass is 16.3. The highest BCUT2D eigenvalue weighted by molar-refractivity contribution is 6.00. The Labute approximate surface area is 170 Å². The van der Waals surface area contributed by atoms with Gasteiger partial charge >= 0.3 is 6.03 Å². The van der Waals surface area contributed by atoms with Gasteiger partial charge in [-0.25, -0.2) is 4.79 Å². The first-order valence-electron chi connectivity index (χ1n) is 9.79. The van der Waals surface area contributed by atoms with Crippen molar-refractivity contribution in [3.63, 3.8) is 0 Å². The standard InChI is InChI=1S/C22H25N5O2/c28-19(16-27-12-5-11-23-27)15-26-13-10-20-17(14-26)6-4-9-21(20)25-22(29)24-18-7-2-1-3-8-18/h1-9,11-12,19,28H,10,13-16H2,(H2,24,25,29)/t19-/m0/s1. The number of carbonyl (C=O) groups is 1. The smallest absolute Gasteiger partial charge is 0.323 e. The zero-order valence-corrected chi connectivity index (χ0v) is 16.2. The first-order valence-corrected chi connectivity index (χ1v) is 9.79. The SMILES string of the molecule is O=C(Nc1ccccc1)Nc1cccc2c1CCN(C[C@H](O)Cn1cccn1)C2. The summed E-state index contributed by atoms with van der Waals surface area (Å²) in [5.41, 5.74) is 3.94. The minimum absolute atomic E-state index is 0.248. The van der Waals surface area contributed by atoms with E-state index in [9.17, 15) is 9.90 Å². The molecule has 0 radical (unpaired) electrons. The largest absolute Gasteiger partial charge is 0.390 e. The van der Waals surface area contributed by atoms with Gasteiger partial charge in [-0.15, -0.1) is 0 Å². The molecule has 4 rings (SSSR count). The predicted molar refractivity (Wildman–Crippen MR) is 113 cm³/mol.